The second kappa shape index (κ2) is 6.18. The minimum absolute atomic E-state index is 0.0796. The van der Waals surface area contributed by atoms with E-state index in [4.69, 9.17) is 0 Å². The van der Waals surface area contributed by atoms with Crippen LogP contribution in [-0.4, -0.2) is 29.8 Å². The normalized spacial score (nSPS) is 23.0. The van der Waals surface area contributed by atoms with Crippen LogP contribution in [0.15, 0.2) is 49.1 Å². The van der Waals surface area contributed by atoms with Gasteiger partial charge in [-0.15, -0.1) is 0 Å². The molecule has 1 aliphatic carbocycles. The maximum absolute atomic E-state index is 12.6. The highest BCUT2D eigenvalue weighted by molar-refractivity contribution is 5.99. The number of carbonyl (C=O) groups is 2. The van der Waals surface area contributed by atoms with E-state index < -0.39 is 0 Å². The first kappa shape index (κ1) is 14.6. The number of likely N-dealkylation sites (tertiary alicyclic amines) is 1. The Hall–Kier alpha value is -2.36. The lowest BCUT2D eigenvalue weighted by atomic mass is 9.86. The van der Waals surface area contributed by atoms with Crippen LogP contribution in [0.2, 0.25) is 0 Å². The average Bonchev–Trinajstić information content (AvgIpc) is 2.98. The number of carbonyl (C=O) groups excluding carboxylic acids is 2. The van der Waals surface area contributed by atoms with Gasteiger partial charge in [0.15, 0.2) is 0 Å². The van der Waals surface area contributed by atoms with E-state index in [1.54, 1.807) is 24.3 Å². The molecule has 0 saturated carbocycles. The fourth-order valence-electron chi connectivity index (χ4n) is 3.25. The van der Waals surface area contributed by atoms with Crippen molar-refractivity contribution in [3.05, 3.63) is 54.6 Å². The van der Waals surface area contributed by atoms with Crippen molar-refractivity contribution in [1.29, 1.82) is 0 Å². The third-order valence-electron chi connectivity index (χ3n) is 4.49. The Morgan fingerprint density at radius 2 is 1.68 bits per heavy atom. The molecule has 1 heterocycles. The number of rotatable bonds is 3. The Balaban J connectivity index is 1.65. The third-order valence-corrected chi connectivity index (χ3v) is 4.49. The second-order valence-electron chi connectivity index (χ2n) is 5.94. The fraction of sp³-hybridized carbons (Fsp3) is 0.333. The smallest absolute Gasteiger partial charge is 0.253 e. The molecule has 2 atom stereocenters. The second-order valence-corrected chi connectivity index (χ2v) is 5.94. The molecule has 1 aromatic rings. The van der Waals surface area contributed by atoms with Crippen LogP contribution in [0.25, 0.3) is 0 Å². The number of hydrogen-bond acceptors (Lipinski definition) is 2. The van der Waals surface area contributed by atoms with Crippen LogP contribution >= 0.6 is 0 Å². The summed E-state index contributed by atoms with van der Waals surface area (Å²) in [6.07, 6.45) is 7.85. The molecule has 1 aliphatic heterocycles. The van der Waals surface area contributed by atoms with Crippen molar-refractivity contribution in [3.63, 3.8) is 0 Å². The number of allylic oxidation sites excluding steroid dienone is 2. The van der Waals surface area contributed by atoms with E-state index >= 15 is 0 Å². The van der Waals surface area contributed by atoms with Crippen molar-refractivity contribution in [3.8, 4) is 0 Å². The standard InChI is InChI=1S/C18H20N2O2/c1-2-17(21)19-16-9-7-13(8-10-16)18(22)20-11-14-5-3-4-6-15(14)12-20/h2-4,7-10,14-15H,1,5-6,11-12H2,(H,19,21)/t14-,15+. The van der Waals surface area contributed by atoms with Gasteiger partial charge in [-0.1, -0.05) is 18.7 Å². The Labute approximate surface area is 130 Å². The number of anilines is 1. The zero-order valence-electron chi connectivity index (χ0n) is 12.5. The van der Waals surface area contributed by atoms with E-state index in [0.717, 1.165) is 25.9 Å². The maximum Gasteiger partial charge on any atom is 0.253 e. The summed E-state index contributed by atoms with van der Waals surface area (Å²) in [5.41, 5.74) is 1.34. The van der Waals surface area contributed by atoms with Crippen LogP contribution in [0.1, 0.15) is 23.2 Å². The first-order valence-corrected chi connectivity index (χ1v) is 7.65. The Morgan fingerprint density at radius 1 is 1.09 bits per heavy atom. The molecule has 1 aromatic carbocycles. The molecule has 0 unspecified atom stereocenters. The quantitative estimate of drug-likeness (QED) is 0.689. The zero-order chi connectivity index (χ0) is 15.5. The molecule has 22 heavy (non-hydrogen) atoms. The van der Waals surface area contributed by atoms with Crippen molar-refractivity contribution in [2.75, 3.05) is 18.4 Å². The summed E-state index contributed by atoms with van der Waals surface area (Å²) in [4.78, 5) is 25.8. The van der Waals surface area contributed by atoms with Crippen molar-refractivity contribution >= 4 is 17.5 Å². The molecule has 1 N–H and O–H groups in total. The van der Waals surface area contributed by atoms with E-state index in [0.29, 0.717) is 23.1 Å². The van der Waals surface area contributed by atoms with Gasteiger partial charge in [-0.05, 0) is 55.0 Å². The maximum atomic E-state index is 12.6. The lowest BCUT2D eigenvalue weighted by molar-refractivity contribution is -0.111. The molecular formula is C18H20N2O2. The molecule has 0 radical (unpaired) electrons. The minimum Gasteiger partial charge on any atom is -0.338 e. The summed E-state index contributed by atoms with van der Waals surface area (Å²) in [6, 6.07) is 7.03. The monoisotopic (exact) mass is 296 g/mol. The Kier molecular flexibility index (Phi) is 4.09. The van der Waals surface area contributed by atoms with Crippen molar-refractivity contribution in [2.45, 2.75) is 12.8 Å². The topological polar surface area (TPSA) is 49.4 Å². The average molecular weight is 296 g/mol. The molecule has 1 saturated heterocycles. The first-order valence-electron chi connectivity index (χ1n) is 7.65. The van der Waals surface area contributed by atoms with E-state index in [2.05, 4.69) is 24.0 Å². The highest BCUT2D eigenvalue weighted by Crippen LogP contribution is 2.33. The van der Waals surface area contributed by atoms with Crippen molar-refractivity contribution in [2.24, 2.45) is 11.8 Å². The molecule has 0 spiro atoms. The number of fused-ring (bicyclic) bond motifs is 1. The lowest BCUT2D eigenvalue weighted by Gasteiger charge is -2.17. The molecule has 0 bridgehead atoms. The number of benzene rings is 1. The lowest BCUT2D eigenvalue weighted by Crippen LogP contribution is -2.29. The number of nitrogens with one attached hydrogen (secondary N) is 1. The van der Waals surface area contributed by atoms with Crippen molar-refractivity contribution < 1.29 is 9.59 Å². The molecule has 114 valence electrons. The zero-order valence-corrected chi connectivity index (χ0v) is 12.5. The molecule has 4 nitrogen and oxygen atoms in total. The summed E-state index contributed by atoms with van der Waals surface area (Å²) < 4.78 is 0. The van der Waals surface area contributed by atoms with Gasteiger partial charge in [0.1, 0.15) is 0 Å². The van der Waals surface area contributed by atoms with Crippen molar-refractivity contribution in [1.82, 2.24) is 4.90 Å². The summed E-state index contributed by atoms with van der Waals surface area (Å²) in [5.74, 6) is 1.05. The molecular weight excluding hydrogens is 276 g/mol. The van der Waals surface area contributed by atoms with Crippen LogP contribution in [0.5, 0.6) is 0 Å². The van der Waals surface area contributed by atoms with E-state index in [9.17, 15) is 9.59 Å². The molecule has 4 heteroatoms. The van der Waals surface area contributed by atoms with E-state index in [1.807, 2.05) is 4.90 Å². The number of amides is 2. The number of nitrogens with zero attached hydrogens (tertiary/aromatic N) is 1. The molecule has 3 rings (SSSR count). The first-order chi connectivity index (χ1) is 10.7. The van der Waals surface area contributed by atoms with Gasteiger partial charge in [0, 0.05) is 24.3 Å². The highest BCUT2D eigenvalue weighted by atomic mass is 16.2. The summed E-state index contributed by atoms with van der Waals surface area (Å²) in [5, 5.41) is 2.68. The fourth-order valence-corrected chi connectivity index (χ4v) is 3.25. The highest BCUT2D eigenvalue weighted by Gasteiger charge is 2.35. The molecule has 1 fully saturated rings. The predicted octanol–water partition coefficient (Wildman–Crippen LogP) is 2.85. The van der Waals surface area contributed by atoms with Gasteiger partial charge >= 0.3 is 0 Å². The van der Waals surface area contributed by atoms with E-state index in [1.165, 1.54) is 6.08 Å². The van der Waals surface area contributed by atoms with Crippen LogP contribution < -0.4 is 5.32 Å². The van der Waals surface area contributed by atoms with Gasteiger partial charge in [-0.3, -0.25) is 9.59 Å². The van der Waals surface area contributed by atoms with Crippen LogP contribution in [0.3, 0.4) is 0 Å². The van der Waals surface area contributed by atoms with Gasteiger partial charge in [0.2, 0.25) is 5.91 Å². The van der Waals surface area contributed by atoms with Crippen LogP contribution in [-0.2, 0) is 4.79 Å². The largest absolute Gasteiger partial charge is 0.338 e. The molecule has 0 aromatic heterocycles. The van der Waals surface area contributed by atoms with Gasteiger partial charge in [0.05, 0.1) is 0 Å². The summed E-state index contributed by atoms with van der Waals surface area (Å²) >= 11 is 0. The SMILES string of the molecule is C=CC(=O)Nc1ccc(C(=O)N2C[C@H]3CC=CC[C@H]3C2)cc1. The number of hydrogen-bond donors (Lipinski definition) is 1. The Bertz CT molecular complexity index is 602. The van der Waals surface area contributed by atoms with Gasteiger partial charge in [-0.2, -0.15) is 0 Å². The van der Waals surface area contributed by atoms with Gasteiger partial charge in [-0.25, -0.2) is 0 Å². The Morgan fingerprint density at radius 3 is 2.23 bits per heavy atom. The van der Waals surface area contributed by atoms with Crippen LogP contribution in [0.4, 0.5) is 5.69 Å². The molecule has 2 amide bonds. The summed E-state index contributed by atoms with van der Waals surface area (Å²) in [6.45, 7) is 5.11. The predicted molar refractivity (Wildman–Crippen MR) is 86.5 cm³/mol. The van der Waals surface area contributed by atoms with E-state index in [-0.39, 0.29) is 11.8 Å². The van der Waals surface area contributed by atoms with Crippen LogP contribution in [0, 0.1) is 11.8 Å². The molecule has 2 aliphatic rings. The minimum atomic E-state index is -0.254. The third kappa shape index (κ3) is 2.96. The van der Waals surface area contributed by atoms with Gasteiger partial charge < -0.3 is 10.2 Å². The summed E-state index contributed by atoms with van der Waals surface area (Å²) in [7, 11) is 0. The van der Waals surface area contributed by atoms with Gasteiger partial charge in [0.25, 0.3) is 5.91 Å².